The molecule has 0 aliphatic carbocycles. The summed E-state index contributed by atoms with van der Waals surface area (Å²) >= 11 is 1.52. The largest absolute Gasteiger partial charge is 0.481 e. The summed E-state index contributed by atoms with van der Waals surface area (Å²) in [5.74, 6) is -0.914. The molecule has 0 aliphatic heterocycles. The number of amides is 2. The number of aromatic nitrogens is 1. The Morgan fingerprint density at radius 1 is 1.59 bits per heavy atom. The van der Waals surface area contributed by atoms with Gasteiger partial charge in [-0.15, -0.1) is 11.3 Å². The molecule has 0 radical (unpaired) electrons. The Bertz CT molecular complexity index is 405. The second-order valence-electron chi connectivity index (χ2n) is 3.57. The number of carbonyl (C=O) groups excluding carboxylic acids is 1. The summed E-state index contributed by atoms with van der Waals surface area (Å²) in [4.78, 5) is 28.3. The fourth-order valence-corrected chi connectivity index (χ4v) is 1.88. The molecule has 0 saturated carbocycles. The molecule has 0 unspecified atom stereocenters. The summed E-state index contributed by atoms with van der Waals surface area (Å²) < 4.78 is 0. The molecule has 0 aromatic carbocycles. The summed E-state index contributed by atoms with van der Waals surface area (Å²) in [6.45, 7) is 2.51. The molecular formula is C10H15N3O3S. The molecule has 1 aromatic rings. The highest BCUT2D eigenvalue weighted by molar-refractivity contribution is 7.11. The van der Waals surface area contributed by atoms with Crippen molar-refractivity contribution in [1.29, 1.82) is 0 Å². The Hall–Kier alpha value is -1.63. The molecular weight excluding hydrogens is 242 g/mol. The third-order valence-corrected chi connectivity index (χ3v) is 3.00. The van der Waals surface area contributed by atoms with E-state index in [1.165, 1.54) is 16.2 Å². The Labute approximate surface area is 103 Å². The topological polar surface area (TPSA) is 82.5 Å². The van der Waals surface area contributed by atoms with E-state index in [1.807, 2.05) is 6.92 Å². The van der Waals surface area contributed by atoms with Crippen LogP contribution in [-0.2, 0) is 11.3 Å². The molecule has 0 aliphatic rings. The molecule has 0 bridgehead atoms. The lowest BCUT2D eigenvalue weighted by atomic mass is 10.4. The van der Waals surface area contributed by atoms with Crippen molar-refractivity contribution < 1.29 is 14.7 Å². The van der Waals surface area contributed by atoms with Crippen molar-refractivity contribution >= 4 is 23.3 Å². The highest BCUT2D eigenvalue weighted by Gasteiger charge is 2.10. The fraction of sp³-hybridized carbons (Fsp3) is 0.500. The van der Waals surface area contributed by atoms with Gasteiger partial charge in [0.25, 0.3) is 0 Å². The van der Waals surface area contributed by atoms with Crippen molar-refractivity contribution in [3.8, 4) is 0 Å². The molecule has 0 atom stereocenters. The van der Waals surface area contributed by atoms with Gasteiger partial charge in [-0.1, -0.05) is 0 Å². The summed E-state index contributed by atoms with van der Waals surface area (Å²) in [6.07, 6.45) is 1.67. The van der Waals surface area contributed by atoms with Gasteiger partial charge >= 0.3 is 12.0 Å². The molecule has 0 spiro atoms. The van der Waals surface area contributed by atoms with Crippen LogP contribution in [0.15, 0.2) is 6.20 Å². The van der Waals surface area contributed by atoms with E-state index in [4.69, 9.17) is 5.11 Å². The monoisotopic (exact) mass is 257 g/mol. The van der Waals surface area contributed by atoms with Gasteiger partial charge in [0.05, 0.1) is 18.0 Å². The molecule has 1 aromatic heterocycles. The van der Waals surface area contributed by atoms with Crippen molar-refractivity contribution in [3.63, 3.8) is 0 Å². The number of carbonyl (C=O) groups is 2. The van der Waals surface area contributed by atoms with Crippen LogP contribution in [-0.4, -0.2) is 40.6 Å². The van der Waals surface area contributed by atoms with E-state index in [2.05, 4.69) is 10.3 Å². The highest BCUT2D eigenvalue weighted by atomic mass is 32.1. The second-order valence-corrected chi connectivity index (χ2v) is 4.89. The SMILES string of the molecule is Cc1ncc(CNC(=O)N(C)CCC(=O)O)s1. The summed E-state index contributed by atoms with van der Waals surface area (Å²) in [5, 5.41) is 12.1. The number of nitrogens with zero attached hydrogens (tertiary/aromatic N) is 2. The highest BCUT2D eigenvalue weighted by Crippen LogP contribution is 2.10. The minimum Gasteiger partial charge on any atom is -0.481 e. The summed E-state index contributed by atoms with van der Waals surface area (Å²) in [6, 6.07) is -0.280. The molecule has 94 valence electrons. The van der Waals surface area contributed by atoms with Crippen LogP contribution in [0, 0.1) is 6.92 Å². The van der Waals surface area contributed by atoms with Crippen molar-refractivity contribution in [2.45, 2.75) is 19.9 Å². The van der Waals surface area contributed by atoms with Crippen LogP contribution < -0.4 is 5.32 Å². The smallest absolute Gasteiger partial charge is 0.317 e. The maximum Gasteiger partial charge on any atom is 0.317 e. The molecule has 1 rings (SSSR count). The lowest BCUT2D eigenvalue weighted by molar-refractivity contribution is -0.137. The molecule has 7 heteroatoms. The molecule has 2 amide bonds. The zero-order valence-corrected chi connectivity index (χ0v) is 10.6. The van der Waals surface area contributed by atoms with Crippen LogP contribution in [0.25, 0.3) is 0 Å². The van der Waals surface area contributed by atoms with E-state index in [-0.39, 0.29) is 19.0 Å². The van der Waals surface area contributed by atoms with Gasteiger partial charge in [0.15, 0.2) is 0 Å². The van der Waals surface area contributed by atoms with Crippen molar-refractivity contribution in [1.82, 2.24) is 15.2 Å². The van der Waals surface area contributed by atoms with E-state index >= 15 is 0 Å². The molecule has 17 heavy (non-hydrogen) atoms. The van der Waals surface area contributed by atoms with Crippen LogP contribution in [0.1, 0.15) is 16.3 Å². The van der Waals surface area contributed by atoms with Gasteiger partial charge in [-0.2, -0.15) is 0 Å². The lowest BCUT2D eigenvalue weighted by Gasteiger charge is -2.16. The van der Waals surface area contributed by atoms with E-state index in [1.54, 1.807) is 13.2 Å². The Morgan fingerprint density at radius 2 is 2.29 bits per heavy atom. The first kappa shape index (κ1) is 13.4. The number of carboxylic acid groups (broad SMARTS) is 1. The first-order valence-corrected chi connectivity index (χ1v) is 5.92. The zero-order valence-electron chi connectivity index (χ0n) is 9.77. The number of urea groups is 1. The first-order valence-electron chi connectivity index (χ1n) is 5.11. The summed E-state index contributed by atoms with van der Waals surface area (Å²) in [7, 11) is 1.57. The standard InChI is InChI=1S/C10H15N3O3S/c1-7-11-5-8(17-7)6-12-10(16)13(2)4-3-9(14)15/h5H,3-4,6H2,1-2H3,(H,12,16)(H,14,15). The molecule has 0 saturated heterocycles. The van der Waals surface area contributed by atoms with Gasteiger partial charge in [-0.3, -0.25) is 4.79 Å². The zero-order chi connectivity index (χ0) is 12.8. The van der Waals surface area contributed by atoms with Gasteiger partial charge < -0.3 is 15.3 Å². The number of rotatable bonds is 5. The number of aryl methyl sites for hydroxylation is 1. The second kappa shape index (κ2) is 6.19. The van der Waals surface area contributed by atoms with Crippen molar-refractivity contribution in [2.24, 2.45) is 0 Å². The molecule has 6 nitrogen and oxygen atoms in total. The van der Waals surface area contributed by atoms with Gasteiger partial charge in [-0.25, -0.2) is 9.78 Å². The van der Waals surface area contributed by atoms with E-state index in [0.29, 0.717) is 6.54 Å². The first-order chi connectivity index (χ1) is 7.99. The van der Waals surface area contributed by atoms with Crippen LogP contribution in [0.3, 0.4) is 0 Å². The Morgan fingerprint density at radius 3 is 2.82 bits per heavy atom. The maximum absolute atomic E-state index is 11.5. The normalized spacial score (nSPS) is 10.0. The minimum atomic E-state index is -0.914. The van der Waals surface area contributed by atoms with Gasteiger partial charge in [0.2, 0.25) is 0 Å². The number of hydrogen-bond donors (Lipinski definition) is 2. The van der Waals surface area contributed by atoms with Crippen molar-refractivity contribution in [2.75, 3.05) is 13.6 Å². The van der Waals surface area contributed by atoms with Crippen LogP contribution >= 0.6 is 11.3 Å². The fourth-order valence-electron chi connectivity index (χ4n) is 1.15. The third kappa shape index (κ3) is 4.81. The van der Waals surface area contributed by atoms with E-state index in [9.17, 15) is 9.59 Å². The Balaban J connectivity index is 2.31. The minimum absolute atomic E-state index is 0.0520. The number of aliphatic carboxylic acids is 1. The predicted molar refractivity (Wildman–Crippen MR) is 64.0 cm³/mol. The van der Waals surface area contributed by atoms with Crippen molar-refractivity contribution in [3.05, 3.63) is 16.1 Å². The quantitative estimate of drug-likeness (QED) is 0.826. The third-order valence-electron chi connectivity index (χ3n) is 2.09. The van der Waals surface area contributed by atoms with Gasteiger partial charge in [-0.05, 0) is 6.92 Å². The van der Waals surface area contributed by atoms with Crippen LogP contribution in [0.4, 0.5) is 4.79 Å². The number of hydrogen-bond acceptors (Lipinski definition) is 4. The van der Waals surface area contributed by atoms with Gasteiger partial charge in [0.1, 0.15) is 0 Å². The number of nitrogens with one attached hydrogen (secondary N) is 1. The summed E-state index contributed by atoms with van der Waals surface area (Å²) in [5.41, 5.74) is 0. The average molecular weight is 257 g/mol. The molecule has 0 fully saturated rings. The van der Waals surface area contributed by atoms with E-state index < -0.39 is 5.97 Å². The van der Waals surface area contributed by atoms with Gasteiger partial charge in [0, 0.05) is 24.7 Å². The number of carboxylic acids is 1. The maximum atomic E-state index is 11.5. The predicted octanol–water partition coefficient (Wildman–Crippen LogP) is 1.07. The van der Waals surface area contributed by atoms with Crippen LogP contribution in [0.5, 0.6) is 0 Å². The lowest BCUT2D eigenvalue weighted by Crippen LogP contribution is -2.37. The Kier molecular flexibility index (Phi) is 4.89. The van der Waals surface area contributed by atoms with E-state index in [0.717, 1.165) is 9.88 Å². The molecule has 2 N–H and O–H groups in total. The van der Waals surface area contributed by atoms with Crippen LogP contribution in [0.2, 0.25) is 0 Å². The number of thiazole rings is 1. The average Bonchev–Trinajstić information content (AvgIpc) is 2.68. The molecule has 1 heterocycles.